The van der Waals surface area contributed by atoms with E-state index in [-0.39, 0.29) is 76.4 Å². The van der Waals surface area contributed by atoms with Crippen LogP contribution in [0.4, 0.5) is 0 Å². The summed E-state index contributed by atoms with van der Waals surface area (Å²) in [7, 11) is 0. The summed E-state index contributed by atoms with van der Waals surface area (Å²) in [4.78, 5) is 13.4. The molecule has 0 fully saturated rings. The average molecular weight is 1030 g/mol. The van der Waals surface area contributed by atoms with Gasteiger partial charge in [-0.3, -0.25) is 0 Å². The number of hydrogen-bond donors (Lipinski definition) is 0. The predicted molar refractivity (Wildman–Crippen MR) is 254 cm³/mol. The molecular weight excluding hydrogens is 961 g/mol. The van der Waals surface area contributed by atoms with Crippen LogP contribution in [-0.2, 0) is 58.3 Å². The van der Waals surface area contributed by atoms with Gasteiger partial charge < -0.3 is 19.4 Å². The van der Waals surface area contributed by atoms with Gasteiger partial charge in [0.25, 0.3) is 0 Å². The van der Waals surface area contributed by atoms with Crippen LogP contribution in [0.3, 0.4) is 0 Å². The molecule has 0 aliphatic heterocycles. The molecule has 0 spiro atoms. The number of aromatic nitrogens is 3. The van der Waals surface area contributed by atoms with E-state index in [4.69, 9.17) is 8.53 Å². The van der Waals surface area contributed by atoms with Crippen molar-refractivity contribution in [3.05, 3.63) is 208 Å². The van der Waals surface area contributed by atoms with Gasteiger partial charge >= 0.3 is 20.1 Å². The van der Waals surface area contributed by atoms with E-state index in [1.165, 1.54) is 58.0 Å². The molecule has 9 rings (SSSR count). The van der Waals surface area contributed by atoms with Crippen LogP contribution in [-0.4, -0.2) is 15.0 Å². The average Bonchev–Trinajstić information content (AvgIpc) is 3.96. The zero-order valence-corrected chi connectivity index (χ0v) is 37.6. The monoisotopic (exact) mass is 1030 g/mol. The van der Waals surface area contributed by atoms with Crippen molar-refractivity contribution < 1.29 is 45.1 Å². The van der Waals surface area contributed by atoms with Crippen molar-refractivity contribution in [1.29, 1.82) is 5.26 Å². The maximum absolute atomic E-state index is 9.81. The van der Waals surface area contributed by atoms with Crippen molar-refractivity contribution in [3.8, 4) is 39.8 Å². The summed E-state index contributed by atoms with van der Waals surface area (Å²) in [6.45, 7) is 5.97. The van der Waals surface area contributed by atoms with Crippen molar-refractivity contribution in [2.75, 3.05) is 0 Å². The first kappa shape index (κ1) is 29.0. The number of para-hydroxylation sites is 1. The molecule has 0 aliphatic carbocycles. The van der Waals surface area contributed by atoms with Gasteiger partial charge in [-0.05, 0) is 118 Å². The molecule has 0 atom stereocenters. The summed E-state index contributed by atoms with van der Waals surface area (Å²) in [6, 6.07) is 39.7. The van der Waals surface area contributed by atoms with Crippen LogP contribution in [0, 0.1) is 29.5 Å². The fourth-order valence-electron chi connectivity index (χ4n) is 7.20. The Bertz CT molecular complexity index is 3670. The molecule has 0 N–H and O–H groups in total. The van der Waals surface area contributed by atoms with Crippen LogP contribution in [0.2, 0.25) is 0 Å². The minimum Gasteiger partial charge on any atom is -0.499 e. The molecule has 4 heterocycles. The summed E-state index contributed by atoms with van der Waals surface area (Å²) in [5.41, 5.74) is -0.285. The van der Waals surface area contributed by atoms with E-state index in [9.17, 15) is 21.7 Å². The zero-order chi connectivity index (χ0) is 56.8. The van der Waals surface area contributed by atoms with Gasteiger partial charge in [0, 0.05) is 43.2 Å². The van der Waals surface area contributed by atoms with Crippen molar-refractivity contribution in [2.24, 2.45) is 0 Å². The summed E-state index contributed by atoms with van der Waals surface area (Å²) in [6.07, 6.45) is -15.8. The van der Waals surface area contributed by atoms with Gasteiger partial charge in [-0.15, -0.1) is 90.0 Å². The number of aryl methyl sites for hydroxylation is 6. The number of pyridine rings is 3. The molecule has 5 nitrogen and oxygen atoms in total. The van der Waals surface area contributed by atoms with E-state index in [0.29, 0.717) is 38.9 Å². The van der Waals surface area contributed by atoms with Crippen molar-refractivity contribution >= 4 is 21.9 Å². The van der Waals surface area contributed by atoms with Crippen molar-refractivity contribution in [2.45, 2.75) is 77.7 Å². The normalized spacial score (nSPS) is 16.5. The molecular formula is C58H49IrN4O. The van der Waals surface area contributed by atoms with Gasteiger partial charge in [-0.1, -0.05) is 93.2 Å². The Balaban J connectivity index is 0.00000822. The third-order valence-corrected chi connectivity index (χ3v) is 10.3. The number of benzene rings is 5. The first-order valence-electron chi connectivity index (χ1n) is 27.7. The van der Waals surface area contributed by atoms with Crippen LogP contribution in [0.15, 0.2) is 144 Å². The molecule has 0 unspecified atom stereocenters. The minimum atomic E-state index is -3.28. The molecule has 5 aromatic carbocycles. The van der Waals surface area contributed by atoms with Gasteiger partial charge in [-0.2, -0.15) is 5.26 Å². The number of fused-ring (bicyclic) bond motifs is 3. The van der Waals surface area contributed by atoms with Crippen LogP contribution in [0.1, 0.15) is 110 Å². The maximum atomic E-state index is 9.81. The topological polar surface area (TPSA) is 75.6 Å². The molecule has 0 saturated carbocycles. The molecule has 0 saturated heterocycles. The van der Waals surface area contributed by atoms with Gasteiger partial charge in [-0.25, -0.2) is 0 Å². The molecule has 64 heavy (non-hydrogen) atoms. The Labute approximate surface area is 411 Å². The number of rotatable bonds is 14. The van der Waals surface area contributed by atoms with Crippen molar-refractivity contribution in [3.63, 3.8) is 0 Å². The standard InChI is InChI=1S/C58H49N4O.Ir/c1-38(2)52-32-55(44-13-7-5-8-14-44)61-36-47(52)26-23-42-29-41(30-43(31-42)24-27-48-37-62-56(33-53(48)39(3)4)45-15-9-6-10-16-45)22-21-40-25-28-54(60-35-40)51-20-12-19-50-49-18-11-17-46(34-59)57(49)63-58(50)51;/h5-13,15,17-19,25,28-33,35-39H,21-24,26-27H2,1-4H3;/q-3;+3/i17D,21D2,22D2,23D2,24D2,26D2,27D2,38D,39D;. The fourth-order valence-corrected chi connectivity index (χ4v) is 7.20. The molecule has 0 aliphatic rings. The molecule has 316 valence electrons. The van der Waals surface area contributed by atoms with Crippen molar-refractivity contribution in [1.82, 2.24) is 15.0 Å². The second-order valence-electron chi connectivity index (χ2n) is 15.2. The largest absolute Gasteiger partial charge is 3.00 e. The van der Waals surface area contributed by atoms with E-state index >= 15 is 0 Å². The zero-order valence-electron chi connectivity index (χ0n) is 50.2. The minimum absolute atomic E-state index is 0. The van der Waals surface area contributed by atoms with E-state index in [1.54, 1.807) is 66.7 Å². The van der Waals surface area contributed by atoms with E-state index in [2.05, 4.69) is 33.2 Å². The number of nitriles is 1. The second-order valence-corrected chi connectivity index (χ2v) is 15.2. The summed E-state index contributed by atoms with van der Waals surface area (Å²) < 4.78 is 148. The maximum Gasteiger partial charge on any atom is 3.00 e. The van der Waals surface area contributed by atoms with Crippen LogP contribution >= 0.6 is 0 Å². The van der Waals surface area contributed by atoms with Crippen LogP contribution < -0.4 is 0 Å². The third kappa shape index (κ3) is 9.68. The van der Waals surface area contributed by atoms with Crippen LogP contribution in [0.25, 0.3) is 55.7 Å². The Morgan fingerprint density at radius 1 is 0.594 bits per heavy atom. The first-order chi connectivity index (χ1) is 36.3. The Hall–Kier alpha value is -6.51. The molecule has 9 aromatic rings. The Morgan fingerprint density at radius 3 is 1.66 bits per heavy atom. The van der Waals surface area contributed by atoms with E-state index in [1.807, 2.05) is 6.07 Å². The Kier molecular flexibility index (Phi) is 9.03. The predicted octanol–water partition coefficient (Wildman–Crippen LogP) is 13.6. The summed E-state index contributed by atoms with van der Waals surface area (Å²) >= 11 is 0. The molecule has 0 radical (unpaired) electrons. The molecule has 0 bridgehead atoms. The SMILES string of the molecule is [2H]c1ccc2c(oc3c(-c4ccc(C([2H])([2H])C([2H])([2H])c5cc(C([2H])([2H])C([2H])([2H])c6cnc(-c7[c-]cccc7)cc6C([2H])(C)C)cc(C([2H])([2H])C([2H])([2H])c6cnc(-c7[c-]cccc7)cc6C([2H])(C)C)c5)cn4)[c-]ccc32)c1C#N.[Ir+3]. The third-order valence-electron chi connectivity index (χ3n) is 10.3. The van der Waals surface area contributed by atoms with Gasteiger partial charge in [0.05, 0.1) is 12.5 Å². The number of hydrogen-bond acceptors (Lipinski definition) is 5. The summed E-state index contributed by atoms with van der Waals surface area (Å²) in [5.74, 6) is -3.11. The number of nitrogens with zero attached hydrogens (tertiary/aromatic N) is 4. The molecule has 4 aromatic heterocycles. The van der Waals surface area contributed by atoms with Gasteiger partial charge in [0.2, 0.25) is 0 Å². The Morgan fingerprint density at radius 2 is 1.14 bits per heavy atom. The quantitative estimate of drug-likeness (QED) is 0.101. The van der Waals surface area contributed by atoms with Crippen LogP contribution in [0.5, 0.6) is 0 Å². The second kappa shape index (κ2) is 19.9. The van der Waals surface area contributed by atoms with Gasteiger partial charge in [0.1, 0.15) is 11.7 Å². The first-order valence-corrected chi connectivity index (χ1v) is 20.2. The molecule has 0 amide bonds. The van der Waals surface area contributed by atoms with E-state index in [0.717, 1.165) is 36.8 Å². The van der Waals surface area contributed by atoms with E-state index < -0.39 is 66.7 Å². The van der Waals surface area contributed by atoms with Gasteiger partial charge in [0.15, 0.2) is 0 Å². The summed E-state index contributed by atoms with van der Waals surface area (Å²) in [5, 5.41) is 11.0. The fraction of sp³-hybridized carbons (Fsp3) is 0.207. The molecule has 6 heteroatoms. The smallest absolute Gasteiger partial charge is 0.499 e. The number of furan rings is 1.